The monoisotopic (exact) mass is 430 g/mol. The van der Waals surface area contributed by atoms with Crippen LogP contribution < -0.4 is 5.32 Å². The molecule has 0 saturated carbocycles. The molecule has 3 atom stereocenters. The quantitative estimate of drug-likeness (QED) is 0.641. The number of hydrogen-bond donors (Lipinski definition) is 2. The van der Waals surface area contributed by atoms with Gasteiger partial charge in [-0.2, -0.15) is 16.1 Å². The molecule has 8 nitrogen and oxygen atoms in total. The van der Waals surface area contributed by atoms with Crippen LogP contribution in [-0.4, -0.2) is 73.1 Å². The Morgan fingerprint density at radius 1 is 1.25 bits per heavy atom. The third kappa shape index (κ3) is 5.69. The summed E-state index contributed by atoms with van der Waals surface area (Å²) in [5, 5.41) is 11.7. The van der Waals surface area contributed by atoms with Crippen LogP contribution in [0.15, 0.2) is 29.2 Å². The fourth-order valence-corrected chi connectivity index (χ4v) is 5.05. The molecule has 1 aliphatic rings. The van der Waals surface area contributed by atoms with Crippen LogP contribution in [0.25, 0.3) is 0 Å². The molecule has 0 aliphatic carbocycles. The zero-order valence-corrected chi connectivity index (χ0v) is 17.8. The van der Waals surface area contributed by atoms with Crippen LogP contribution in [0.3, 0.4) is 0 Å². The Balaban J connectivity index is 2.11. The molecule has 2 N–H and O–H groups in total. The van der Waals surface area contributed by atoms with E-state index < -0.39 is 27.9 Å². The number of rotatable bonds is 8. The van der Waals surface area contributed by atoms with Crippen LogP contribution in [0.4, 0.5) is 0 Å². The topological polar surface area (TPSA) is 113 Å². The highest BCUT2D eigenvalue weighted by molar-refractivity contribution is 7.98. The van der Waals surface area contributed by atoms with E-state index in [1.165, 1.54) is 40.3 Å². The van der Waals surface area contributed by atoms with Crippen molar-refractivity contribution in [1.29, 1.82) is 0 Å². The van der Waals surface area contributed by atoms with Crippen LogP contribution in [0.2, 0.25) is 0 Å². The van der Waals surface area contributed by atoms with Crippen molar-refractivity contribution in [2.75, 3.05) is 25.1 Å². The van der Waals surface area contributed by atoms with Gasteiger partial charge in [0.2, 0.25) is 10.0 Å². The second-order valence-electron chi connectivity index (χ2n) is 6.75. The van der Waals surface area contributed by atoms with Crippen molar-refractivity contribution >= 4 is 33.7 Å². The second kappa shape index (κ2) is 9.73. The number of thioether (sulfide) groups is 1. The number of carboxylic acids is 1. The minimum Gasteiger partial charge on any atom is -0.480 e. The summed E-state index contributed by atoms with van der Waals surface area (Å²) in [6, 6.07) is 4.53. The summed E-state index contributed by atoms with van der Waals surface area (Å²) in [5.74, 6) is -1.05. The number of carbonyl (C=O) groups excluding carboxylic acids is 1. The number of nitrogens with one attached hydrogen (secondary N) is 1. The fourth-order valence-electron chi connectivity index (χ4n) is 2.99. The van der Waals surface area contributed by atoms with Gasteiger partial charge in [0.1, 0.15) is 6.04 Å². The van der Waals surface area contributed by atoms with E-state index in [4.69, 9.17) is 4.74 Å². The zero-order valence-electron chi connectivity index (χ0n) is 16.1. The van der Waals surface area contributed by atoms with Gasteiger partial charge in [-0.05, 0) is 56.5 Å². The molecule has 1 aliphatic heterocycles. The van der Waals surface area contributed by atoms with Crippen LogP contribution in [0.1, 0.15) is 30.6 Å². The van der Waals surface area contributed by atoms with Crippen LogP contribution in [0, 0.1) is 0 Å². The minimum atomic E-state index is -3.69. The van der Waals surface area contributed by atoms with Crippen molar-refractivity contribution in [2.24, 2.45) is 0 Å². The lowest BCUT2D eigenvalue weighted by atomic mass is 10.1. The molecule has 0 spiro atoms. The summed E-state index contributed by atoms with van der Waals surface area (Å²) in [5.41, 5.74) is 0.207. The van der Waals surface area contributed by atoms with E-state index in [0.717, 1.165) is 0 Å². The first kappa shape index (κ1) is 22.7. The number of sulfonamides is 1. The molecular formula is C18H26N2O6S2. The highest BCUT2D eigenvalue weighted by Crippen LogP contribution is 2.21. The molecule has 156 valence electrons. The first-order valence-electron chi connectivity index (χ1n) is 8.93. The summed E-state index contributed by atoms with van der Waals surface area (Å²) in [6.07, 6.45) is 1.77. The average Bonchev–Trinajstić information content (AvgIpc) is 2.64. The molecule has 1 saturated heterocycles. The molecule has 0 aromatic heterocycles. The van der Waals surface area contributed by atoms with Crippen molar-refractivity contribution in [1.82, 2.24) is 9.62 Å². The molecular weight excluding hydrogens is 404 g/mol. The number of aliphatic carboxylic acids is 1. The number of amides is 1. The van der Waals surface area contributed by atoms with Gasteiger partial charge in [-0.15, -0.1) is 0 Å². The predicted molar refractivity (Wildman–Crippen MR) is 107 cm³/mol. The highest BCUT2D eigenvalue weighted by atomic mass is 32.2. The average molecular weight is 431 g/mol. The third-order valence-electron chi connectivity index (χ3n) is 4.35. The van der Waals surface area contributed by atoms with Gasteiger partial charge in [0.15, 0.2) is 0 Å². The van der Waals surface area contributed by atoms with E-state index in [2.05, 4.69) is 5.32 Å². The van der Waals surface area contributed by atoms with E-state index in [1.54, 1.807) is 0 Å². The highest BCUT2D eigenvalue weighted by Gasteiger charge is 2.32. The Morgan fingerprint density at radius 3 is 2.32 bits per heavy atom. The van der Waals surface area contributed by atoms with E-state index in [0.29, 0.717) is 12.2 Å². The van der Waals surface area contributed by atoms with E-state index in [1.807, 2.05) is 20.1 Å². The zero-order chi connectivity index (χ0) is 20.9. The Bertz CT molecular complexity index is 787. The molecule has 1 fully saturated rings. The van der Waals surface area contributed by atoms with Crippen molar-refractivity contribution in [3.05, 3.63) is 29.8 Å². The number of morpholine rings is 1. The molecule has 0 unspecified atom stereocenters. The smallest absolute Gasteiger partial charge is 0.326 e. The number of hydrogen-bond acceptors (Lipinski definition) is 6. The minimum absolute atomic E-state index is 0.0857. The molecule has 2 rings (SSSR count). The largest absolute Gasteiger partial charge is 0.480 e. The number of ether oxygens (including phenoxy) is 1. The van der Waals surface area contributed by atoms with Crippen molar-refractivity contribution in [3.63, 3.8) is 0 Å². The molecule has 10 heteroatoms. The first-order valence-corrected chi connectivity index (χ1v) is 11.8. The van der Waals surface area contributed by atoms with E-state index in [9.17, 15) is 23.1 Å². The van der Waals surface area contributed by atoms with E-state index >= 15 is 0 Å². The van der Waals surface area contributed by atoms with Gasteiger partial charge >= 0.3 is 5.97 Å². The summed E-state index contributed by atoms with van der Waals surface area (Å²) in [6.45, 7) is 4.18. The standard InChI is InChI=1S/C18H26N2O6S2/c1-12-10-20(11-13(2)26-12)28(24,25)15-6-4-14(5-7-15)17(21)19-16(18(22)23)8-9-27-3/h4-7,12-13,16H,8-11H2,1-3H3,(H,19,21)(H,22,23)/t12-,13-,16+/m1/s1. The van der Waals surface area contributed by atoms with E-state index in [-0.39, 0.29) is 35.8 Å². The summed E-state index contributed by atoms with van der Waals surface area (Å²) in [7, 11) is -3.69. The van der Waals surface area contributed by atoms with Crippen LogP contribution in [-0.2, 0) is 19.6 Å². The number of nitrogens with zero attached hydrogens (tertiary/aromatic N) is 1. The van der Waals surface area contributed by atoms with Gasteiger partial charge in [0.05, 0.1) is 17.1 Å². The summed E-state index contributed by atoms with van der Waals surface area (Å²) >= 11 is 1.49. The summed E-state index contributed by atoms with van der Waals surface area (Å²) in [4.78, 5) is 23.7. The molecule has 1 aromatic rings. The maximum atomic E-state index is 12.8. The van der Waals surface area contributed by atoms with Crippen molar-refractivity contribution in [2.45, 2.75) is 43.4 Å². The number of carboxylic acid groups (broad SMARTS) is 1. The Kier molecular flexibility index (Phi) is 7.87. The third-order valence-corrected chi connectivity index (χ3v) is 6.84. The Morgan fingerprint density at radius 2 is 1.82 bits per heavy atom. The number of benzene rings is 1. The van der Waals surface area contributed by atoms with Gasteiger partial charge in [-0.3, -0.25) is 4.79 Å². The normalized spacial score (nSPS) is 21.8. The predicted octanol–water partition coefficient (Wildman–Crippen LogP) is 1.42. The van der Waals surface area contributed by atoms with Gasteiger partial charge in [0.25, 0.3) is 5.91 Å². The first-order chi connectivity index (χ1) is 13.1. The Hall–Kier alpha value is -1.62. The SMILES string of the molecule is CSCC[C@H](NC(=O)c1ccc(S(=O)(=O)N2C[C@@H](C)O[C@H](C)C2)cc1)C(=O)O. The lowest BCUT2D eigenvalue weighted by Crippen LogP contribution is -2.48. The van der Waals surface area contributed by atoms with Crippen molar-refractivity contribution < 1.29 is 27.9 Å². The molecule has 0 bridgehead atoms. The van der Waals surface area contributed by atoms with Gasteiger partial charge < -0.3 is 15.2 Å². The molecule has 0 radical (unpaired) electrons. The molecule has 28 heavy (non-hydrogen) atoms. The number of carbonyl (C=O) groups is 2. The molecule has 1 amide bonds. The second-order valence-corrected chi connectivity index (χ2v) is 9.67. The van der Waals surface area contributed by atoms with Gasteiger partial charge in [0, 0.05) is 18.7 Å². The lowest BCUT2D eigenvalue weighted by molar-refractivity contribution is -0.139. The molecule has 1 aromatic carbocycles. The molecule has 1 heterocycles. The fraction of sp³-hybridized carbons (Fsp3) is 0.556. The van der Waals surface area contributed by atoms with Crippen LogP contribution >= 0.6 is 11.8 Å². The van der Waals surface area contributed by atoms with Gasteiger partial charge in [-0.25, -0.2) is 13.2 Å². The maximum Gasteiger partial charge on any atom is 0.326 e. The lowest BCUT2D eigenvalue weighted by Gasteiger charge is -2.34. The van der Waals surface area contributed by atoms with Crippen LogP contribution in [0.5, 0.6) is 0 Å². The maximum absolute atomic E-state index is 12.8. The summed E-state index contributed by atoms with van der Waals surface area (Å²) < 4.78 is 32.6. The Labute approximate surface area is 169 Å². The van der Waals surface area contributed by atoms with Gasteiger partial charge in [-0.1, -0.05) is 0 Å². The van der Waals surface area contributed by atoms with Crippen molar-refractivity contribution in [3.8, 4) is 0 Å².